The van der Waals surface area contributed by atoms with E-state index in [0.717, 1.165) is 23.1 Å². The first-order valence-electron chi connectivity index (χ1n) is 27.0. The molecule has 0 saturated carbocycles. The van der Waals surface area contributed by atoms with Gasteiger partial charge < -0.3 is 50.0 Å². The summed E-state index contributed by atoms with van der Waals surface area (Å²) in [6, 6.07) is 51.1. The van der Waals surface area contributed by atoms with Crippen molar-refractivity contribution in [3.8, 4) is 0 Å². The standard InChI is InChI=1S/C33H35N5O4S.C27H31N5O7S/c1-41-18-26-29(39)30(40)33(42-26)38-21-35-28-31(36-27(37-32(28)38)20-43-19-22-11-5-2-6-12-22)34-17-25(23-13-7-3-8-14-23)24-15-9-4-10-16-24;1-37-14-20-23(33)24(34)27(39-20)32-16-29-22-25(30-21(31-26(22)32)15-38-40(2,35)36)28-13-19(17-9-5-3-6-10-17)18-11-7-4-8-12-18/h2-16,21,25-26,29-30,33,39-40H,17-20H2,1H3,(H,34,36,37);3-12,16,19-20,23-24,27,33-34H,13-15H2,1-2H3,(H,28,30,31)/t26-,29-,30-,33-;20-,23-,24-,27-/m11/s1. The van der Waals surface area contributed by atoms with Crippen LogP contribution in [-0.4, -0.2) is 151 Å². The number of fused-ring (bicyclic) bond motifs is 2. The zero-order valence-electron chi connectivity index (χ0n) is 45.9. The Balaban J connectivity index is 0.000000186. The molecular weight excluding hydrogens is 1100 g/mol. The van der Waals surface area contributed by atoms with Crippen molar-refractivity contribution in [1.82, 2.24) is 39.0 Å². The van der Waals surface area contributed by atoms with Gasteiger partial charge in [0, 0.05) is 44.9 Å². The van der Waals surface area contributed by atoms with Crippen LogP contribution in [-0.2, 0) is 51.4 Å². The topological polar surface area (TPSA) is 272 Å². The van der Waals surface area contributed by atoms with Gasteiger partial charge in [0.05, 0.1) is 37.9 Å². The highest BCUT2D eigenvalue weighted by molar-refractivity contribution is 7.97. The quantitative estimate of drug-likeness (QED) is 0.0369. The van der Waals surface area contributed by atoms with Gasteiger partial charge in [-0.1, -0.05) is 152 Å². The van der Waals surface area contributed by atoms with Crippen molar-refractivity contribution in [3.63, 3.8) is 0 Å². The summed E-state index contributed by atoms with van der Waals surface area (Å²) in [7, 11) is -0.758. The van der Waals surface area contributed by atoms with Crippen LogP contribution >= 0.6 is 11.8 Å². The van der Waals surface area contributed by atoms with Crippen molar-refractivity contribution in [2.75, 3.05) is 57.4 Å². The lowest BCUT2D eigenvalue weighted by Gasteiger charge is -2.20. The lowest BCUT2D eigenvalue weighted by molar-refractivity contribution is -0.0580. The predicted octanol–water partition coefficient (Wildman–Crippen LogP) is 6.58. The summed E-state index contributed by atoms with van der Waals surface area (Å²) in [5, 5.41) is 49.6. The number of imidazole rings is 2. The molecule has 83 heavy (non-hydrogen) atoms. The number of hydrogen-bond donors (Lipinski definition) is 6. The third-order valence-electron chi connectivity index (χ3n) is 14.3. The molecule has 0 radical (unpaired) electrons. The van der Waals surface area contributed by atoms with Crippen LogP contribution in [0.1, 0.15) is 63.8 Å². The van der Waals surface area contributed by atoms with Crippen LogP contribution in [0.3, 0.4) is 0 Å². The van der Waals surface area contributed by atoms with Crippen LogP contribution in [0.25, 0.3) is 22.3 Å². The van der Waals surface area contributed by atoms with E-state index in [9.17, 15) is 28.8 Å². The van der Waals surface area contributed by atoms with Crippen LogP contribution in [0.2, 0.25) is 0 Å². The minimum Gasteiger partial charge on any atom is -0.387 e. The van der Waals surface area contributed by atoms with E-state index < -0.39 is 65.8 Å². The monoisotopic (exact) mass is 1170 g/mol. The molecule has 5 aromatic carbocycles. The number of ether oxygens (including phenoxy) is 4. The predicted molar refractivity (Wildman–Crippen MR) is 314 cm³/mol. The molecule has 0 spiro atoms. The molecule has 2 fully saturated rings. The summed E-state index contributed by atoms with van der Waals surface area (Å²) in [5.74, 6) is 3.13. The molecule has 6 heterocycles. The summed E-state index contributed by atoms with van der Waals surface area (Å²) >= 11 is 1.72. The molecule has 21 nitrogen and oxygen atoms in total. The van der Waals surface area contributed by atoms with Crippen molar-refractivity contribution >= 4 is 55.8 Å². The maximum absolute atomic E-state index is 11.7. The molecule has 2 aliphatic heterocycles. The fourth-order valence-electron chi connectivity index (χ4n) is 10.2. The fraction of sp³-hybridized carbons (Fsp3) is 0.333. The number of methoxy groups -OCH3 is 2. The van der Waals surface area contributed by atoms with Crippen LogP contribution < -0.4 is 10.6 Å². The Morgan fingerprint density at radius 3 is 1.33 bits per heavy atom. The van der Waals surface area contributed by atoms with E-state index in [1.807, 2.05) is 66.7 Å². The zero-order valence-corrected chi connectivity index (χ0v) is 47.5. The van der Waals surface area contributed by atoms with E-state index in [1.54, 1.807) is 22.7 Å². The normalized spacial score (nSPS) is 20.7. The van der Waals surface area contributed by atoms with Gasteiger partial charge in [-0.05, 0) is 27.8 Å². The molecule has 6 N–H and O–H groups in total. The Morgan fingerprint density at radius 2 is 0.928 bits per heavy atom. The van der Waals surface area contributed by atoms with Crippen LogP contribution in [0.5, 0.6) is 0 Å². The first-order chi connectivity index (χ1) is 40.4. The number of nitrogens with zero attached hydrogens (tertiary/aromatic N) is 8. The van der Waals surface area contributed by atoms with E-state index in [2.05, 4.69) is 115 Å². The van der Waals surface area contributed by atoms with Gasteiger partial charge in [0.2, 0.25) is 0 Å². The van der Waals surface area contributed by atoms with Gasteiger partial charge in [0.15, 0.2) is 52.2 Å². The Labute approximate surface area is 484 Å². The second-order valence-electron chi connectivity index (χ2n) is 20.1. The van der Waals surface area contributed by atoms with E-state index >= 15 is 0 Å². The minimum absolute atomic E-state index is 0.0323. The van der Waals surface area contributed by atoms with Crippen molar-refractivity contribution in [2.45, 2.75) is 79.0 Å². The number of nitrogens with one attached hydrogen (secondary N) is 2. The van der Waals surface area contributed by atoms with Crippen LogP contribution in [0.15, 0.2) is 164 Å². The maximum Gasteiger partial charge on any atom is 0.264 e. The number of aromatic nitrogens is 8. The highest BCUT2D eigenvalue weighted by Gasteiger charge is 2.46. The molecule has 0 aliphatic carbocycles. The molecule has 23 heteroatoms. The number of benzene rings is 5. The summed E-state index contributed by atoms with van der Waals surface area (Å²) in [4.78, 5) is 27.9. The van der Waals surface area contributed by atoms with E-state index in [0.29, 0.717) is 53.0 Å². The molecule has 0 bridgehead atoms. The Morgan fingerprint density at radius 1 is 0.542 bits per heavy atom. The van der Waals surface area contributed by atoms with Crippen LogP contribution in [0, 0.1) is 0 Å². The SMILES string of the molecule is COC[C@H]1O[C@@H](n2cnc3c(NCC(c4ccccc4)c4ccccc4)nc(COS(C)(=O)=O)nc32)[C@H](O)[C@@H]1O.COC[C@H]1O[C@@H](n2cnc3c(NCC(c4ccccc4)c4ccccc4)nc(CSCc4ccccc4)nc32)[C@H](O)[C@@H]1O. The van der Waals surface area contributed by atoms with Crippen molar-refractivity contribution < 1.29 is 52.0 Å². The van der Waals surface area contributed by atoms with Crippen molar-refractivity contribution in [3.05, 3.63) is 204 Å². The summed E-state index contributed by atoms with van der Waals surface area (Å²) < 4.78 is 53.7. The van der Waals surface area contributed by atoms with Gasteiger partial charge >= 0.3 is 0 Å². The number of thioether (sulfide) groups is 1. The summed E-state index contributed by atoms with van der Waals surface area (Å²) in [5.41, 5.74) is 7.55. The van der Waals surface area contributed by atoms with E-state index in [-0.39, 0.29) is 36.5 Å². The number of anilines is 2. The first kappa shape index (κ1) is 58.9. The first-order valence-corrected chi connectivity index (χ1v) is 30.0. The third kappa shape index (κ3) is 14.2. The van der Waals surface area contributed by atoms with Crippen molar-refractivity contribution in [1.29, 1.82) is 0 Å². The van der Waals surface area contributed by atoms with Gasteiger partial charge in [-0.3, -0.25) is 13.3 Å². The molecule has 434 valence electrons. The third-order valence-corrected chi connectivity index (χ3v) is 15.9. The number of aliphatic hydroxyl groups excluding tert-OH is 4. The lowest BCUT2D eigenvalue weighted by atomic mass is 9.91. The molecule has 9 aromatic rings. The molecule has 2 saturated heterocycles. The molecular formula is C60H66N10O11S2. The Kier molecular flexibility index (Phi) is 19.5. The molecule has 2 aliphatic rings. The summed E-state index contributed by atoms with van der Waals surface area (Å²) in [6.07, 6.45) is -4.05. The largest absolute Gasteiger partial charge is 0.387 e. The van der Waals surface area contributed by atoms with E-state index in [4.69, 9.17) is 33.1 Å². The van der Waals surface area contributed by atoms with Gasteiger partial charge in [-0.15, -0.1) is 11.8 Å². The van der Waals surface area contributed by atoms with Gasteiger partial charge in [0.25, 0.3) is 10.1 Å². The average Bonchev–Trinajstić information content (AvgIpc) is 3.17. The van der Waals surface area contributed by atoms with Crippen LogP contribution in [0.4, 0.5) is 11.6 Å². The molecule has 11 rings (SSSR count). The van der Waals surface area contributed by atoms with E-state index in [1.165, 1.54) is 41.8 Å². The second-order valence-corrected chi connectivity index (χ2v) is 22.7. The number of rotatable bonds is 23. The van der Waals surface area contributed by atoms with Gasteiger partial charge in [0.1, 0.15) is 49.1 Å². The highest BCUT2D eigenvalue weighted by Crippen LogP contribution is 2.36. The lowest BCUT2D eigenvalue weighted by Crippen LogP contribution is -2.33. The number of hydrogen-bond acceptors (Lipinski definition) is 20. The van der Waals surface area contributed by atoms with Gasteiger partial charge in [-0.2, -0.15) is 8.42 Å². The second kappa shape index (κ2) is 27.4. The molecule has 8 atom stereocenters. The zero-order chi connectivity index (χ0) is 57.9. The highest BCUT2D eigenvalue weighted by atomic mass is 32.2. The maximum atomic E-state index is 11.7. The fourth-order valence-corrected chi connectivity index (χ4v) is 11.3. The average molecular weight is 1170 g/mol. The Hall–Kier alpha value is -7.26. The number of aliphatic hydroxyl groups is 4. The molecule has 0 unspecified atom stereocenters. The summed E-state index contributed by atoms with van der Waals surface area (Å²) in [6.45, 7) is 0.859. The smallest absolute Gasteiger partial charge is 0.264 e. The minimum atomic E-state index is -3.76. The van der Waals surface area contributed by atoms with Crippen molar-refractivity contribution in [2.24, 2.45) is 0 Å². The molecule has 4 aromatic heterocycles. The Bertz CT molecular complexity index is 3540. The van der Waals surface area contributed by atoms with Gasteiger partial charge in [-0.25, -0.2) is 29.9 Å². The molecule has 0 amide bonds.